The second-order valence-electron chi connectivity index (χ2n) is 6.30. The highest BCUT2D eigenvalue weighted by Crippen LogP contribution is 2.32. The lowest BCUT2D eigenvalue weighted by Gasteiger charge is -2.35. The van der Waals surface area contributed by atoms with Gasteiger partial charge in [0.25, 0.3) is 0 Å². The van der Waals surface area contributed by atoms with Crippen molar-refractivity contribution in [3.05, 3.63) is 0 Å². The second kappa shape index (κ2) is 7.93. The number of hydrogen-bond acceptors (Lipinski definition) is 2. The summed E-state index contributed by atoms with van der Waals surface area (Å²) in [5.74, 6) is 0.946. The van der Waals surface area contributed by atoms with Gasteiger partial charge in [-0.05, 0) is 25.2 Å². The average molecular weight is 253 g/mol. The molecular weight excluding hydrogens is 222 g/mol. The normalized spacial score (nSPS) is 28.3. The van der Waals surface area contributed by atoms with Gasteiger partial charge in [0.2, 0.25) is 0 Å². The molecule has 106 valence electrons. The van der Waals surface area contributed by atoms with E-state index in [0.717, 1.165) is 25.7 Å². The van der Waals surface area contributed by atoms with Crippen LogP contribution in [0.3, 0.4) is 0 Å². The lowest BCUT2D eigenvalue weighted by molar-refractivity contribution is -0.126. The largest absolute Gasteiger partial charge is 0.319 e. The molecule has 0 aliphatic heterocycles. The van der Waals surface area contributed by atoms with Gasteiger partial charge in [-0.3, -0.25) is 4.79 Å². The second-order valence-corrected chi connectivity index (χ2v) is 6.30. The van der Waals surface area contributed by atoms with E-state index in [-0.39, 0.29) is 0 Å². The van der Waals surface area contributed by atoms with E-state index >= 15 is 0 Å². The Balaban J connectivity index is 2.19. The molecule has 2 nitrogen and oxygen atoms in total. The van der Waals surface area contributed by atoms with Crippen LogP contribution in [-0.2, 0) is 4.79 Å². The summed E-state index contributed by atoms with van der Waals surface area (Å²) in [6.45, 7) is 4.45. The maximum absolute atomic E-state index is 12.2. The van der Waals surface area contributed by atoms with Crippen molar-refractivity contribution in [3.8, 4) is 0 Å². The summed E-state index contributed by atoms with van der Waals surface area (Å²) in [5.41, 5.74) is 5.82. The van der Waals surface area contributed by atoms with E-state index in [1.165, 1.54) is 38.5 Å². The molecule has 2 heteroatoms. The number of Topliss-reactive ketones (excluding diaryl/α,β-unsaturated/α-hetero) is 1. The lowest BCUT2D eigenvalue weighted by atomic mass is 9.73. The molecule has 1 aliphatic rings. The zero-order valence-corrected chi connectivity index (χ0v) is 12.3. The molecule has 1 aliphatic carbocycles. The Kier molecular flexibility index (Phi) is 6.91. The van der Waals surface area contributed by atoms with E-state index in [4.69, 9.17) is 5.73 Å². The van der Waals surface area contributed by atoms with Gasteiger partial charge in [0.1, 0.15) is 0 Å². The Bertz CT molecular complexity index is 251. The maximum atomic E-state index is 12.2. The Morgan fingerprint density at radius 2 is 1.89 bits per heavy atom. The van der Waals surface area contributed by atoms with Crippen molar-refractivity contribution >= 4 is 5.78 Å². The summed E-state index contributed by atoms with van der Waals surface area (Å²) in [4.78, 5) is 12.2. The van der Waals surface area contributed by atoms with E-state index in [9.17, 15) is 4.79 Å². The first-order valence-corrected chi connectivity index (χ1v) is 7.90. The highest BCUT2D eigenvalue weighted by Gasteiger charge is 2.36. The van der Waals surface area contributed by atoms with Gasteiger partial charge in [-0.1, -0.05) is 58.8 Å². The fourth-order valence-electron chi connectivity index (χ4n) is 3.16. The third-order valence-corrected chi connectivity index (χ3v) is 4.35. The number of unbranched alkanes of at least 4 members (excludes halogenated alkanes) is 5. The van der Waals surface area contributed by atoms with Crippen LogP contribution in [0.25, 0.3) is 0 Å². The van der Waals surface area contributed by atoms with Crippen molar-refractivity contribution < 1.29 is 4.79 Å². The molecule has 0 heterocycles. The van der Waals surface area contributed by atoms with E-state index in [1.54, 1.807) is 0 Å². The Labute approximate surface area is 113 Å². The Morgan fingerprint density at radius 3 is 2.56 bits per heavy atom. The molecule has 0 aromatic heterocycles. The van der Waals surface area contributed by atoms with Gasteiger partial charge in [-0.2, -0.15) is 0 Å². The molecule has 1 rings (SSSR count). The number of rotatable bonds is 8. The quantitative estimate of drug-likeness (QED) is 0.658. The molecule has 18 heavy (non-hydrogen) atoms. The number of carbonyl (C=O) groups excluding carboxylic acids is 1. The smallest absolute Gasteiger partial charge is 0.152 e. The molecule has 0 bridgehead atoms. The standard InChI is InChI=1S/C16H31NO/c1-3-4-5-6-7-8-11-15(18)16(17)12-9-10-14(2)13-16/h14H,3-13,17H2,1-2H3. The first kappa shape index (κ1) is 15.7. The predicted molar refractivity (Wildman–Crippen MR) is 77.6 cm³/mol. The summed E-state index contributed by atoms with van der Waals surface area (Å²) in [5, 5.41) is 0. The monoisotopic (exact) mass is 253 g/mol. The highest BCUT2D eigenvalue weighted by atomic mass is 16.1. The van der Waals surface area contributed by atoms with Crippen molar-refractivity contribution in [2.75, 3.05) is 0 Å². The fourth-order valence-corrected chi connectivity index (χ4v) is 3.16. The van der Waals surface area contributed by atoms with Crippen LogP contribution in [-0.4, -0.2) is 11.3 Å². The molecule has 1 saturated carbocycles. The average Bonchev–Trinajstić information content (AvgIpc) is 2.33. The van der Waals surface area contributed by atoms with Crippen LogP contribution in [0, 0.1) is 5.92 Å². The van der Waals surface area contributed by atoms with Gasteiger partial charge in [0.15, 0.2) is 5.78 Å². The zero-order valence-electron chi connectivity index (χ0n) is 12.3. The highest BCUT2D eigenvalue weighted by molar-refractivity contribution is 5.88. The van der Waals surface area contributed by atoms with Gasteiger partial charge in [0, 0.05) is 6.42 Å². The summed E-state index contributed by atoms with van der Waals surface area (Å²) in [6, 6.07) is 0. The molecule has 0 radical (unpaired) electrons. The number of nitrogens with two attached hydrogens (primary N) is 1. The van der Waals surface area contributed by atoms with Crippen LogP contribution < -0.4 is 5.73 Å². The first-order chi connectivity index (χ1) is 8.58. The molecular formula is C16H31NO. The van der Waals surface area contributed by atoms with Gasteiger partial charge >= 0.3 is 0 Å². The molecule has 0 aromatic rings. The molecule has 0 aromatic carbocycles. The van der Waals surface area contributed by atoms with Crippen LogP contribution >= 0.6 is 0 Å². The van der Waals surface area contributed by atoms with E-state index in [0.29, 0.717) is 18.1 Å². The lowest BCUT2D eigenvalue weighted by Crippen LogP contribution is -2.50. The Hall–Kier alpha value is -0.370. The van der Waals surface area contributed by atoms with Gasteiger partial charge in [0.05, 0.1) is 5.54 Å². The van der Waals surface area contributed by atoms with Crippen molar-refractivity contribution in [1.82, 2.24) is 0 Å². The van der Waals surface area contributed by atoms with Crippen LogP contribution in [0.5, 0.6) is 0 Å². The van der Waals surface area contributed by atoms with Crippen molar-refractivity contribution in [2.24, 2.45) is 11.7 Å². The predicted octanol–water partition coefficient (Wildman–Crippen LogP) is 4.21. The SMILES string of the molecule is CCCCCCCCC(=O)C1(N)CCCC(C)C1. The zero-order chi connectivity index (χ0) is 13.4. The number of hydrogen-bond donors (Lipinski definition) is 1. The molecule has 2 unspecified atom stereocenters. The van der Waals surface area contributed by atoms with Crippen molar-refractivity contribution in [3.63, 3.8) is 0 Å². The van der Waals surface area contributed by atoms with E-state index in [2.05, 4.69) is 13.8 Å². The first-order valence-electron chi connectivity index (χ1n) is 7.90. The minimum Gasteiger partial charge on any atom is -0.319 e. The van der Waals surface area contributed by atoms with Crippen LogP contribution in [0.15, 0.2) is 0 Å². The third kappa shape index (κ3) is 5.09. The number of ketones is 1. The van der Waals surface area contributed by atoms with Crippen LogP contribution in [0.2, 0.25) is 0 Å². The number of carbonyl (C=O) groups is 1. The van der Waals surface area contributed by atoms with E-state index < -0.39 is 5.54 Å². The topological polar surface area (TPSA) is 43.1 Å². The Morgan fingerprint density at radius 1 is 1.22 bits per heavy atom. The third-order valence-electron chi connectivity index (χ3n) is 4.35. The van der Waals surface area contributed by atoms with E-state index in [1.807, 2.05) is 0 Å². The van der Waals surface area contributed by atoms with Crippen molar-refractivity contribution in [2.45, 2.75) is 90.0 Å². The summed E-state index contributed by atoms with van der Waals surface area (Å²) >= 11 is 0. The van der Waals surface area contributed by atoms with Crippen molar-refractivity contribution in [1.29, 1.82) is 0 Å². The molecule has 0 amide bonds. The maximum Gasteiger partial charge on any atom is 0.152 e. The molecule has 0 spiro atoms. The fraction of sp³-hybridized carbons (Fsp3) is 0.938. The van der Waals surface area contributed by atoms with Gasteiger partial charge < -0.3 is 5.73 Å². The minimum atomic E-state index is -0.485. The summed E-state index contributed by atoms with van der Waals surface area (Å²) < 4.78 is 0. The van der Waals surface area contributed by atoms with Gasteiger partial charge in [-0.15, -0.1) is 0 Å². The van der Waals surface area contributed by atoms with Crippen LogP contribution in [0.1, 0.15) is 84.5 Å². The molecule has 2 N–H and O–H groups in total. The molecule has 1 fully saturated rings. The molecule has 0 saturated heterocycles. The van der Waals surface area contributed by atoms with Crippen LogP contribution in [0.4, 0.5) is 0 Å². The minimum absolute atomic E-state index is 0.324. The molecule has 2 atom stereocenters. The summed E-state index contributed by atoms with van der Waals surface area (Å²) in [7, 11) is 0. The summed E-state index contributed by atoms with van der Waals surface area (Å²) in [6.07, 6.45) is 12.3. The van der Waals surface area contributed by atoms with Gasteiger partial charge in [-0.25, -0.2) is 0 Å².